The Hall–Kier alpha value is -0.240. The molecule has 0 aromatic heterocycles. The van der Waals surface area contributed by atoms with Crippen molar-refractivity contribution in [1.82, 2.24) is 0 Å². The lowest BCUT2D eigenvalue weighted by Gasteiger charge is -2.26. The summed E-state index contributed by atoms with van der Waals surface area (Å²) >= 11 is 5.97. The van der Waals surface area contributed by atoms with Crippen molar-refractivity contribution in [2.75, 3.05) is 0 Å². The van der Waals surface area contributed by atoms with E-state index in [2.05, 4.69) is 12.1 Å². The lowest BCUT2D eigenvalue weighted by molar-refractivity contribution is 0.393. The Kier molecular flexibility index (Phi) is 4.91. The van der Waals surface area contributed by atoms with E-state index in [9.17, 15) is 0 Å². The van der Waals surface area contributed by atoms with Crippen molar-refractivity contribution >= 4 is 24.0 Å². The fourth-order valence-corrected chi connectivity index (χ4v) is 2.49. The van der Waals surface area contributed by atoms with Crippen LogP contribution in [0.3, 0.4) is 0 Å². The maximum Gasteiger partial charge on any atom is 0.0408 e. The Morgan fingerprint density at radius 3 is 2.73 bits per heavy atom. The topological polar surface area (TPSA) is 26.0 Å². The van der Waals surface area contributed by atoms with E-state index >= 15 is 0 Å². The summed E-state index contributed by atoms with van der Waals surface area (Å²) in [4.78, 5) is 0. The highest BCUT2D eigenvalue weighted by Gasteiger charge is 2.20. The van der Waals surface area contributed by atoms with Gasteiger partial charge in [-0.25, -0.2) is 0 Å². The van der Waals surface area contributed by atoms with Gasteiger partial charge in [0, 0.05) is 11.1 Å². The molecule has 0 heterocycles. The molecule has 1 saturated carbocycles. The van der Waals surface area contributed by atoms with Crippen molar-refractivity contribution in [1.29, 1.82) is 0 Å². The number of benzene rings is 1. The Balaban J connectivity index is 0.00000112. The van der Waals surface area contributed by atoms with E-state index in [1.54, 1.807) is 0 Å². The molecule has 0 aliphatic heterocycles. The minimum absolute atomic E-state index is 0. The molecule has 1 aromatic carbocycles. The Morgan fingerprint density at radius 1 is 1.27 bits per heavy atom. The molecule has 1 fully saturated rings. The Bertz CT molecular complexity index is 314. The van der Waals surface area contributed by atoms with Crippen LogP contribution < -0.4 is 5.73 Å². The second-order valence-electron chi connectivity index (χ2n) is 4.18. The van der Waals surface area contributed by atoms with Crippen LogP contribution in [0.2, 0.25) is 5.02 Å². The van der Waals surface area contributed by atoms with Crippen molar-refractivity contribution in [2.45, 2.75) is 37.6 Å². The second-order valence-corrected chi connectivity index (χ2v) is 4.62. The summed E-state index contributed by atoms with van der Waals surface area (Å²) in [6, 6.07) is 8.57. The van der Waals surface area contributed by atoms with Gasteiger partial charge in [-0.2, -0.15) is 0 Å². The zero-order chi connectivity index (χ0) is 9.97. The number of nitrogens with two attached hydrogens (primary N) is 1. The van der Waals surface area contributed by atoms with E-state index < -0.39 is 0 Å². The Morgan fingerprint density at radius 2 is 2.07 bits per heavy atom. The summed E-state index contributed by atoms with van der Waals surface area (Å²) in [5.41, 5.74) is 7.32. The molecule has 2 atom stereocenters. The molecule has 84 valence electrons. The first-order valence-electron chi connectivity index (χ1n) is 5.27. The third-order valence-electron chi connectivity index (χ3n) is 3.03. The van der Waals surface area contributed by atoms with Gasteiger partial charge in [0.15, 0.2) is 0 Å². The largest absolute Gasteiger partial charge is 0.328 e. The van der Waals surface area contributed by atoms with E-state index in [-0.39, 0.29) is 12.4 Å². The van der Waals surface area contributed by atoms with Gasteiger partial charge < -0.3 is 5.73 Å². The zero-order valence-electron chi connectivity index (χ0n) is 8.66. The van der Waals surface area contributed by atoms with Gasteiger partial charge in [-0.1, -0.05) is 30.2 Å². The van der Waals surface area contributed by atoms with Gasteiger partial charge >= 0.3 is 0 Å². The van der Waals surface area contributed by atoms with Crippen molar-refractivity contribution < 1.29 is 0 Å². The molecular formula is C12H17Cl2N. The molecule has 1 aliphatic rings. The van der Waals surface area contributed by atoms with Gasteiger partial charge in [-0.3, -0.25) is 0 Å². The number of rotatable bonds is 1. The van der Waals surface area contributed by atoms with E-state index in [4.69, 9.17) is 17.3 Å². The van der Waals surface area contributed by atoms with E-state index in [1.165, 1.54) is 24.8 Å². The molecule has 0 unspecified atom stereocenters. The first-order valence-corrected chi connectivity index (χ1v) is 5.64. The summed E-state index contributed by atoms with van der Waals surface area (Å²) in [6.07, 6.45) is 4.80. The van der Waals surface area contributed by atoms with Gasteiger partial charge in [0.2, 0.25) is 0 Å². The second kappa shape index (κ2) is 5.74. The molecule has 15 heavy (non-hydrogen) atoms. The third kappa shape index (κ3) is 3.37. The van der Waals surface area contributed by atoms with Gasteiger partial charge in [0.05, 0.1) is 0 Å². The fraction of sp³-hybridized carbons (Fsp3) is 0.500. The predicted octanol–water partition coefficient (Wildman–Crippen LogP) is 3.75. The normalized spacial score (nSPS) is 25.7. The van der Waals surface area contributed by atoms with Crippen molar-refractivity contribution in [3.05, 3.63) is 34.9 Å². The lowest BCUT2D eigenvalue weighted by atomic mass is 9.82. The third-order valence-corrected chi connectivity index (χ3v) is 3.27. The number of hydrogen-bond donors (Lipinski definition) is 1. The molecule has 0 bridgehead atoms. The molecule has 1 nitrogen and oxygen atoms in total. The quantitative estimate of drug-likeness (QED) is 0.802. The maximum absolute atomic E-state index is 5.97. The standard InChI is InChI=1S/C12H16ClN.ClH/c13-11-5-1-3-9(7-11)10-4-2-6-12(14)8-10;/h1,3,5,7,10,12H,2,4,6,8,14H2;1H/t10-,12+;/m0./s1. The monoisotopic (exact) mass is 245 g/mol. The highest BCUT2D eigenvalue weighted by molar-refractivity contribution is 6.30. The van der Waals surface area contributed by atoms with E-state index in [0.29, 0.717) is 12.0 Å². The SMILES string of the molecule is Cl.N[C@@H]1CCC[C@H](c2cccc(Cl)c2)C1. The van der Waals surface area contributed by atoms with Gasteiger partial charge in [-0.05, 0) is 42.9 Å². The number of halogens is 2. The van der Waals surface area contributed by atoms with Crippen LogP contribution in [0.15, 0.2) is 24.3 Å². The highest BCUT2D eigenvalue weighted by Crippen LogP contribution is 2.32. The van der Waals surface area contributed by atoms with Crippen molar-refractivity contribution in [3.8, 4) is 0 Å². The summed E-state index contributed by atoms with van der Waals surface area (Å²) in [5, 5.41) is 0.835. The summed E-state index contributed by atoms with van der Waals surface area (Å²) in [6.45, 7) is 0. The molecule has 2 N–H and O–H groups in total. The summed E-state index contributed by atoms with van der Waals surface area (Å²) in [5.74, 6) is 0.623. The average molecular weight is 246 g/mol. The maximum atomic E-state index is 5.97. The number of hydrogen-bond acceptors (Lipinski definition) is 1. The summed E-state index contributed by atoms with van der Waals surface area (Å²) < 4.78 is 0. The molecule has 1 aliphatic carbocycles. The van der Waals surface area contributed by atoms with Crippen molar-refractivity contribution in [3.63, 3.8) is 0 Å². The van der Waals surface area contributed by atoms with Crippen LogP contribution in [0.1, 0.15) is 37.2 Å². The van der Waals surface area contributed by atoms with Crippen LogP contribution in [0.5, 0.6) is 0 Å². The van der Waals surface area contributed by atoms with Crippen LogP contribution in [0.25, 0.3) is 0 Å². The first-order chi connectivity index (χ1) is 6.75. The predicted molar refractivity (Wildman–Crippen MR) is 67.9 cm³/mol. The average Bonchev–Trinajstić information content (AvgIpc) is 2.18. The molecule has 0 radical (unpaired) electrons. The molecule has 0 spiro atoms. The van der Waals surface area contributed by atoms with Crippen LogP contribution in [0.4, 0.5) is 0 Å². The van der Waals surface area contributed by atoms with Gasteiger partial charge in [0.1, 0.15) is 0 Å². The Labute approximate surface area is 102 Å². The highest BCUT2D eigenvalue weighted by atomic mass is 35.5. The molecule has 1 aromatic rings. The van der Waals surface area contributed by atoms with Crippen LogP contribution >= 0.6 is 24.0 Å². The minimum atomic E-state index is 0. The van der Waals surface area contributed by atoms with Crippen LogP contribution in [0, 0.1) is 0 Å². The smallest absolute Gasteiger partial charge is 0.0408 e. The fourth-order valence-electron chi connectivity index (χ4n) is 2.29. The van der Waals surface area contributed by atoms with Crippen LogP contribution in [-0.4, -0.2) is 6.04 Å². The minimum Gasteiger partial charge on any atom is -0.328 e. The van der Waals surface area contributed by atoms with E-state index in [0.717, 1.165) is 11.4 Å². The first kappa shape index (κ1) is 12.8. The van der Waals surface area contributed by atoms with Gasteiger partial charge in [-0.15, -0.1) is 12.4 Å². The zero-order valence-corrected chi connectivity index (χ0v) is 10.2. The molecule has 0 amide bonds. The lowest BCUT2D eigenvalue weighted by Crippen LogP contribution is -2.26. The van der Waals surface area contributed by atoms with E-state index in [1.807, 2.05) is 12.1 Å². The van der Waals surface area contributed by atoms with Gasteiger partial charge in [0.25, 0.3) is 0 Å². The summed E-state index contributed by atoms with van der Waals surface area (Å²) in [7, 11) is 0. The van der Waals surface area contributed by atoms with Crippen LogP contribution in [-0.2, 0) is 0 Å². The molecule has 3 heteroatoms. The molecule has 2 rings (SSSR count). The molecular weight excluding hydrogens is 229 g/mol. The molecule has 0 saturated heterocycles. The van der Waals surface area contributed by atoms with Crippen molar-refractivity contribution in [2.24, 2.45) is 5.73 Å².